The van der Waals surface area contributed by atoms with Crippen LogP contribution < -0.4 is 0 Å². The molecule has 0 atom stereocenters. The van der Waals surface area contributed by atoms with Crippen LogP contribution in [0, 0.1) is 13.8 Å². The van der Waals surface area contributed by atoms with E-state index in [0.717, 1.165) is 9.77 Å². The molecule has 0 aliphatic heterocycles. The SMILES string of the molecule is Cc1nn(-c2ccccc2)c(C)c1S(=O)(=O)n1cc(Cl)cn1. The molecule has 0 saturated carbocycles. The zero-order valence-corrected chi connectivity index (χ0v) is 13.5. The number of aromatic nitrogens is 4. The minimum absolute atomic E-state index is 0.135. The van der Waals surface area contributed by atoms with Gasteiger partial charge >= 0.3 is 0 Å². The van der Waals surface area contributed by atoms with Crippen LogP contribution in [0.2, 0.25) is 5.02 Å². The zero-order chi connectivity index (χ0) is 15.9. The molecule has 6 nitrogen and oxygen atoms in total. The second-order valence-corrected chi connectivity index (χ2v) is 6.95. The summed E-state index contributed by atoms with van der Waals surface area (Å²) in [7, 11) is -3.83. The van der Waals surface area contributed by atoms with Crippen LogP contribution >= 0.6 is 11.6 Å². The first-order valence-corrected chi connectivity index (χ1v) is 8.30. The predicted molar refractivity (Wildman–Crippen MR) is 82.9 cm³/mol. The normalized spacial score (nSPS) is 11.8. The topological polar surface area (TPSA) is 69.8 Å². The number of rotatable bonds is 3. The summed E-state index contributed by atoms with van der Waals surface area (Å²) in [5, 5.41) is 8.39. The highest BCUT2D eigenvalue weighted by molar-refractivity contribution is 7.90. The largest absolute Gasteiger partial charge is 0.286 e. The Morgan fingerprint density at radius 3 is 2.41 bits per heavy atom. The smallest absolute Gasteiger partial charge is 0.236 e. The maximum Gasteiger partial charge on any atom is 0.286 e. The van der Waals surface area contributed by atoms with Gasteiger partial charge in [-0.25, -0.2) is 4.68 Å². The molecule has 0 aliphatic rings. The van der Waals surface area contributed by atoms with Crippen molar-refractivity contribution < 1.29 is 8.42 Å². The van der Waals surface area contributed by atoms with Gasteiger partial charge in [-0.2, -0.15) is 22.7 Å². The van der Waals surface area contributed by atoms with E-state index < -0.39 is 10.0 Å². The number of benzene rings is 1. The Morgan fingerprint density at radius 1 is 1.14 bits per heavy atom. The average Bonchev–Trinajstić information content (AvgIpc) is 3.04. The molecule has 2 heterocycles. The van der Waals surface area contributed by atoms with Gasteiger partial charge in [0, 0.05) is 0 Å². The molecule has 0 amide bonds. The molecule has 3 aromatic rings. The lowest BCUT2D eigenvalue weighted by Gasteiger charge is -2.06. The average molecular weight is 337 g/mol. The van der Waals surface area contributed by atoms with Gasteiger partial charge in [0.15, 0.2) is 0 Å². The molecule has 0 fully saturated rings. The summed E-state index contributed by atoms with van der Waals surface area (Å²) in [5.74, 6) is 0. The van der Waals surface area contributed by atoms with E-state index in [9.17, 15) is 8.42 Å². The minimum Gasteiger partial charge on any atom is -0.236 e. The van der Waals surface area contributed by atoms with E-state index in [2.05, 4.69) is 10.2 Å². The molecule has 0 bridgehead atoms. The third-order valence-electron chi connectivity index (χ3n) is 3.26. The van der Waals surface area contributed by atoms with Gasteiger partial charge < -0.3 is 0 Å². The van der Waals surface area contributed by atoms with Crippen LogP contribution in [0.4, 0.5) is 0 Å². The van der Waals surface area contributed by atoms with Crippen molar-refractivity contribution in [3.8, 4) is 5.69 Å². The molecule has 22 heavy (non-hydrogen) atoms. The van der Waals surface area contributed by atoms with Gasteiger partial charge in [0.1, 0.15) is 4.90 Å². The number of hydrogen-bond acceptors (Lipinski definition) is 4. The van der Waals surface area contributed by atoms with Crippen molar-refractivity contribution in [1.82, 2.24) is 19.0 Å². The molecular formula is C14H13ClN4O2S. The van der Waals surface area contributed by atoms with E-state index in [0.29, 0.717) is 11.4 Å². The third kappa shape index (κ3) is 2.32. The summed E-state index contributed by atoms with van der Waals surface area (Å²) in [6.45, 7) is 3.37. The first kappa shape index (κ1) is 14.8. The van der Waals surface area contributed by atoms with Crippen LogP contribution in [0.5, 0.6) is 0 Å². The van der Waals surface area contributed by atoms with E-state index >= 15 is 0 Å². The molecule has 3 rings (SSSR count). The van der Waals surface area contributed by atoms with E-state index in [1.807, 2.05) is 30.3 Å². The Bertz CT molecular complexity index is 929. The molecular weight excluding hydrogens is 324 g/mol. The van der Waals surface area contributed by atoms with E-state index in [4.69, 9.17) is 11.6 Å². The summed E-state index contributed by atoms with van der Waals surface area (Å²) in [4.78, 5) is 0.135. The molecule has 0 unspecified atom stereocenters. The number of halogens is 1. The van der Waals surface area contributed by atoms with Crippen LogP contribution in [0.1, 0.15) is 11.4 Å². The quantitative estimate of drug-likeness (QED) is 0.737. The zero-order valence-electron chi connectivity index (χ0n) is 11.9. The minimum atomic E-state index is -3.83. The van der Waals surface area contributed by atoms with Crippen molar-refractivity contribution in [3.63, 3.8) is 0 Å². The van der Waals surface area contributed by atoms with E-state index in [1.165, 1.54) is 12.4 Å². The van der Waals surface area contributed by atoms with Crippen molar-refractivity contribution in [2.75, 3.05) is 0 Å². The summed E-state index contributed by atoms with van der Waals surface area (Å²) in [5.41, 5.74) is 1.73. The van der Waals surface area contributed by atoms with E-state index in [-0.39, 0.29) is 9.92 Å². The van der Waals surface area contributed by atoms with Crippen LogP contribution in [-0.4, -0.2) is 27.4 Å². The lowest BCUT2D eigenvalue weighted by molar-refractivity contribution is 0.578. The summed E-state index contributed by atoms with van der Waals surface area (Å²) < 4.78 is 27.9. The van der Waals surface area contributed by atoms with Gasteiger partial charge in [0.25, 0.3) is 10.0 Å². The van der Waals surface area contributed by atoms with Crippen LogP contribution in [0.25, 0.3) is 5.69 Å². The van der Waals surface area contributed by atoms with Crippen LogP contribution in [-0.2, 0) is 10.0 Å². The summed E-state index contributed by atoms with van der Waals surface area (Å²) >= 11 is 5.77. The van der Waals surface area contributed by atoms with Gasteiger partial charge in [0.05, 0.1) is 34.5 Å². The molecule has 0 N–H and O–H groups in total. The predicted octanol–water partition coefficient (Wildman–Crippen LogP) is 2.58. The fraction of sp³-hybridized carbons (Fsp3) is 0.143. The Balaban J connectivity index is 2.19. The fourth-order valence-electron chi connectivity index (χ4n) is 2.33. The fourth-order valence-corrected chi connectivity index (χ4v) is 4.01. The molecule has 114 valence electrons. The Morgan fingerprint density at radius 2 is 1.82 bits per heavy atom. The van der Waals surface area contributed by atoms with Gasteiger partial charge in [0.2, 0.25) is 0 Å². The summed E-state index contributed by atoms with van der Waals surface area (Å²) in [6, 6.07) is 9.35. The molecule has 2 aromatic heterocycles. The van der Waals surface area contributed by atoms with Gasteiger partial charge in [-0.3, -0.25) is 0 Å². The molecule has 0 radical (unpaired) electrons. The lowest BCUT2D eigenvalue weighted by atomic mass is 10.3. The van der Waals surface area contributed by atoms with E-state index in [1.54, 1.807) is 18.5 Å². The van der Waals surface area contributed by atoms with Gasteiger partial charge in [-0.05, 0) is 26.0 Å². The first-order valence-electron chi connectivity index (χ1n) is 6.48. The molecule has 1 aromatic carbocycles. The second kappa shape index (κ2) is 5.26. The van der Waals surface area contributed by atoms with Crippen LogP contribution in [0.3, 0.4) is 0 Å². The van der Waals surface area contributed by atoms with Crippen molar-refractivity contribution >= 4 is 21.6 Å². The van der Waals surface area contributed by atoms with Crippen molar-refractivity contribution in [3.05, 3.63) is 59.1 Å². The molecule has 8 heteroatoms. The second-order valence-electron chi connectivity index (χ2n) is 4.78. The number of nitrogens with zero attached hydrogens (tertiary/aromatic N) is 4. The van der Waals surface area contributed by atoms with Crippen molar-refractivity contribution in [2.45, 2.75) is 18.7 Å². The van der Waals surface area contributed by atoms with Gasteiger partial charge in [-0.1, -0.05) is 29.8 Å². The maximum absolute atomic E-state index is 12.7. The maximum atomic E-state index is 12.7. The molecule has 0 aliphatic carbocycles. The number of hydrogen-bond donors (Lipinski definition) is 0. The van der Waals surface area contributed by atoms with Crippen LogP contribution in [0.15, 0.2) is 47.6 Å². The highest BCUT2D eigenvalue weighted by atomic mass is 35.5. The highest BCUT2D eigenvalue weighted by Crippen LogP contribution is 2.24. The molecule has 0 saturated heterocycles. The van der Waals surface area contributed by atoms with Gasteiger partial charge in [-0.15, -0.1) is 0 Å². The number of aryl methyl sites for hydroxylation is 1. The first-order chi connectivity index (χ1) is 10.4. The Labute approximate surface area is 133 Å². The lowest BCUT2D eigenvalue weighted by Crippen LogP contribution is -2.15. The monoisotopic (exact) mass is 336 g/mol. The Hall–Kier alpha value is -2.12. The molecule has 0 spiro atoms. The van der Waals surface area contributed by atoms with Crippen molar-refractivity contribution in [2.24, 2.45) is 0 Å². The summed E-state index contributed by atoms with van der Waals surface area (Å²) in [6.07, 6.45) is 2.54. The highest BCUT2D eigenvalue weighted by Gasteiger charge is 2.27. The Kier molecular flexibility index (Phi) is 3.54. The number of para-hydroxylation sites is 1. The third-order valence-corrected chi connectivity index (χ3v) is 5.25. The van der Waals surface area contributed by atoms with Crippen molar-refractivity contribution in [1.29, 1.82) is 0 Å². The standard InChI is InChI=1S/C14H13ClN4O2S/c1-10-14(22(20,21)18-9-12(15)8-16-18)11(2)19(17-10)13-6-4-3-5-7-13/h3-9H,1-2H3.